The van der Waals surface area contributed by atoms with Gasteiger partial charge in [0, 0.05) is 12.6 Å². The van der Waals surface area contributed by atoms with Crippen molar-refractivity contribution in [1.82, 2.24) is 10.6 Å². The van der Waals surface area contributed by atoms with Gasteiger partial charge in [0.2, 0.25) is 5.91 Å². The molecule has 4 nitrogen and oxygen atoms in total. The average molecular weight is 346 g/mol. The summed E-state index contributed by atoms with van der Waals surface area (Å²) in [6, 6.07) is 8.96. The highest BCUT2D eigenvalue weighted by Gasteiger charge is 2.23. The minimum Gasteiger partial charge on any atom is -0.357 e. The first-order valence-electron chi connectivity index (χ1n) is 7.91. The number of amides is 2. The summed E-state index contributed by atoms with van der Waals surface area (Å²) in [5, 5.41) is 4.96. The summed E-state index contributed by atoms with van der Waals surface area (Å²) in [5.41, 5.74) is 1.62. The van der Waals surface area contributed by atoms with Crippen molar-refractivity contribution in [2.75, 3.05) is 7.05 Å². The van der Waals surface area contributed by atoms with Crippen molar-refractivity contribution in [2.24, 2.45) is 0 Å². The van der Waals surface area contributed by atoms with Gasteiger partial charge in [-0.2, -0.15) is 0 Å². The zero-order valence-corrected chi connectivity index (χ0v) is 14.3. The summed E-state index contributed by atoms with van der Waals surface area (Å²) < 4.78 is 26.6. The maximum absolute atomic E-state index is 13.5. The fraction of sp³-hybridized carbons (Fsp3) is 0.263. The van der Waals surface area contributed by atoms with Gasteiger partial charge in [-0.1, -0.05) is 32.0 Å². The van der Waals surface area contributed by atoms with Gasteiger partial charge in [0.15, 0.2) is 11.6 Å². The fourth-order valence-corrected chi connectivity index (χ4v) is 2.37. The number of likely N-dealkylation sites (N-methyl/N-ethyl adjacent to an activating group) is 1. The van der Waals surface area contributed by atoms with Crippen LogP contribution in [0.25, 0.3) is 0 Å². The monoisotopic (exact) mass is 346 g/mol. The summed E-state index contributed by atoms with van der Waals surface area (Å²) in [7, 11) is 1.40. The van der Waals surface area contributed by atoms with E-state index in [-0.39, 0.29) is 5.56 Å². The highest BCUT2D eigenvalue weighted by Crippen LogP contribution is 2.19. The Bertz CT molecular complexity index is 773. The quantitative estimate of drug-likeness (QED) is 0.873. The van der Waals surface area contributed by atoms with E-state index in [1.807, 2.05) is 26.0 Å². The Hall–Kier alpha value is -2.76. The maximum Gasteiger partial charge on any atom is 0.252 e. The van der Waals surface area contributed by atoms with Crippen LogP contribution in [-0.2, 0) is 4.79 Å². The van der Waals surface area contributed by atoms with E-state index in [1.165, 1.54) is 13.1 Å². The van der Waals surface area contributed by atoms with Crippen LogP contribution in [0.15, 0.2) is 42.5 Å². The molecule has 0 bridgehead atoms. The Morgan fingerprint density at radius 3 is 2.04 bits per heavy atom. The molecule has 2 rings (SSSR count). The van der Waals surface area contributed by atoms with Crippen LogP contribution in [-0.4, -0.2) is 18.9 Å². The predicted octanol–water partition coefficient (Wildman–Crippen LogP) is 3.31. The van der Waals surface area contributed by atoms with Crippen LogP contribution in [0.2, 0.25) is 0 Å². The molecule has 0 aromatic heterocycles. The van der Waals surface area contributed by atoms with Crippen LogP contribution in [0, 0.1) is 11.6 Å². The van der Waals surface area contributed by atoms with Gasteiger partial charge in [-0.15, -0.1) is 0 Å². The summed E-state index contributed by atoms with van der Waals surface area (Å²) >= 11 is 0. The van der Waals surface area contributed by atoms with E-state index in [1.54, 1.807) is 12.1 Å². The first kappa shape index (κ1) is 18.6. The van der Waals surface area contributed by atoms with E-state index >= 15 is 0 Å². The zero-order chi connectivity index (χ0) is 18.6. The molecule has 0 fully saturated rings. The first-order valence-corrected chi connectivity index (χ1v) is 7.91. The Balaban J connectivity index is 2.25. The molecule has 0 saturated heterocycles. The lowest BCUT2D eigenvalue weighted by molar-refractivity contribution is -0.122. The molecule has 0 saturated carbocycles. The summed E-state index contributed by atoms with van der Waals surface area (Å²) in [4.78, 5) is 24.5. The third-order valence-electron chi connectivity index (χ3n) is 3.90. The highest BCUT2D eigenvalue weighted by atomic mass is 19.2. The molecule has 0 aliphatic carbocycles. The molecule has 0 radical (unpaired) electrons. The molecule has 1 unspecified atom stereocenters. The minimum absolute atomic E-state index is 0.158. The lowest BCUT2D eigenvalue weighted by Crippen LogP contribution is -2.39. The van der Waals surface area contributed by atoms with Crippen molar-refractivity contribution in [3.63, 3.8) is 0 Å². The second-order valence-electron chi connectivity index (χ2n) is 5.97. The van der Waals surface area contributed by atoms with Crippen molar-refractivity contribution < 1.29 is 18.4 Å². The van der Waals surface area contributed by atoms with E-state index in [0.29, 0.717) is 11.5 Å². The third kappa shape index (κ3) is 4.41. The zero-order valence-electron chi connectivity index (χ0n) is 14.3. The molecule has 2 aromatic carbocycles. The second-order valence-corrected chi connectivity index (χ2v) is 5.97. The lowest BCUT2D eigenvalue weighted by Gasteiger charge is -2.18. The van der Waals surface area contributed by atoms with E-state index in [0.717, 1.165) is 17.7 Å². The van der Waals surface area contributed by atoms with Gasteiger partial charge in [0.25, 0.3) is 5.91 Å². The SMILES string of the molecule is CNC(=O)C(NC(=O)c1ccc(C(C)C)cc1)c1ccc(F)c(F)c1. The van der Waals surface area contributed by atoms with Crippen LogP contribution in [0.5, 0.6) is 0 Å². The third-order valence-corrected chi connectivity index (χ3v) is 3.90. The van der Waals surface area contributed by atoms with Gasteiger partial charge in [-0.05, 0) is 41.3 Å². The normalized spacial score (nSPS) is 11.9. The molecular weight excluding hydrogens is 326 g/mol. The van der Waals surface area contributed by atoms with Gasteiger partial charge in [0.05, 0.1) is 0 Å². The molecule has 0 spiro atoms. The minimum atomic E-state index is -1.13. The predicted molar refractivity (Wildman–Crippen MR) is 91.2 cm³/mol. The number of nitrogens with one attached hydrogen (secondary N) is 2. The van der Waals surface area contributed by atoms with Crippen molar-refractivity contribution in [3.05, 3.63) is 70.8 Å². The molecule has 2 N–H and O–H groups in total. The molecule has 132 valence electrons. The van der Waals surface area contributed by atoms with E-state index in [4.69, 9.17) is 0 Å². The molecule has 0 aliphatic rings. The number of hydrogen-bond donors (Lipinski definition) is 2. The van der Waals surface area contributed by atoms with Crippen LogP contribution in [0.3, 0.4) is 0 Å². The molecule has 25 heavy (non-hydrogen) atoms. The Morgan fingerprint density at radius 1 is 0.920 bits per heavy atom. The fourth-order valence-electron chi connectivity index (χ4n) is 2.37. The number of benzene rings is 2. The van der Waals surface area contributed by atoms with Gasteiger partial charge in [0.1, 0.15) is 6.04 Å². The van der Waals surface area contributed by atoms with Crippen LogP contribution >= 0.6 is 0 Å². The molecule has 6 heteroatoms. The molecule has 0 aliphatic heterocycles. The molecule has 0 heterocycles. The number of carbonyl (C=O) groups excluding carboxylic acids is 2. The summed E-state index contributed by atoms with van der Waals surface area (Å²) in [6.45, 7) is 4.08. The van der Waals surface area contributed by atoms with Crippen molar-refractivity contribution in [3.8, 4) is 0 Å². The molecule has 1 atom stereocenters. The van der Waals surface area contributed by atoms with E-state index in [9.17, 15) is 18.4 Å². The molecule has 2 amide bonds. The van der Waals surface area contributed by atoms with Crippen molar-refractivity contribution >= 4 is 11.8 Å². The largest absolute Gasteiger partial charge is 0.357 e. The van der Waals surface area contributed by atoms with Crippen LogP contribution in [0.1, 0.15) is 47.3 Å². The number of hydrogen-bond acceptors (Lipinski definition) is 2. The number of halogens is 2. The first-order chi connectivity index (χ1) is 11.8. The van der Waals surface area contributed by atoms with Crippen LogP contribution in [0.4, 0.5) is 8.78 Å². The number of carbonyl (C=O) groups is 2. The van der Waals surface area contributed by atoms with Gasteiger partial charge < -0.3 is 10.6 Å². The van der Waals surface area contributed by atoms with Crippen molar-refractivity contribution in [2.45, 2.75) is 25.8 Å². The highest BCUT2D eigenvalue weighted by molar-refractivity contribution is 5.97. The van der Waals surface area contributed by atoms with E-state index < -0.39 is 29.5 Å². The summed E-state index contributed by atoms with van der Waals surface area (Å²) in [6.07, 6.45) is 0. The van der Waals surface area contributed by atoms with Crippen molar-refractivity contribution in [1.29, 1.82) is 0 Å². The van der Waals surface area contributed by atoms with E-state index in [2.05, 4.69) is 10.6 Å². The second kappa shape index (κ2) is 7.88. The van der Waals surface area contributed by atoms with Gasteiger partial charge >= 0.3 is 0 Å². The standard InChI is InChI=1S/C19H20F2N2O2/c1-11(2)12-4-6-13(7-5-12)18(24)23-17(19(25)22-3)14-8-9-15(20)16(21)10-14/h4-11,17H,1-3H3,(H,22,25)(H,23,24). The molecule has 2 aromatic rings. The smallest absolute Gasteiger partial charge is 0.252 e. The number of rotatable bonds is 5. The van der Waals surface area contributed by atoms with Gasteiger partial charge in [-0.25, -0.2) is 8.78 Å². The lowest BCUT2D eigenvalue weighted by atomic mass is 10.0. The topological polar surface area (TPSA) is 58.2 Å². The average Bonchev–Trinajstić information content (AvgIpc) is 2.61. The Labute approximate surface area is 145 Å². The molecular formula is C19H20F2N2O2. The summed E-state index contributed by atoms with van der Waals surface area (Å²) in [5.74, 6) is -2.78. The van der Waals surface area contributed by atoms with Crippen LogP contribution < -0.4 is 10.6 Å². The maximum atomic E-state index is 13.5. The Morgan fingerprint density at radius 2 is 1.52 bits per heavy atom. The Kier molecular flexibility index (Phi) is 5.85. The van der Waals surface area contributed by atoms with Gasteiger partial charge in [-0.3, -0.25) is 9.59 Å².